The number of para-hydroxylation sites is 2. The van der Waals surface area contributed by atoms with E-state index < -0.39 is 0 Å². The minimum absolute atomic E-state index is 0.0380. The summed E-state index contributed by atoms with van der Waals surface area (Å²) in [6.45, 7) is 4.19. The van der Waals surface area contributed by atoms with Crippen LogP contribution in [0, 0.1) is 0 Å². The number of aryl methyl sites for hydroxylation is 2. The molecule has 0 aliphatic carbocycles. The van der Waals surface area contributed by atoms with E-state index in [-0.39, 0.29) is 12.5 Å². The third kappa shape index (κ3) is 8.57. The van der Waals surface area contributed by atoms with Gasteiger partial charge in [0, 0.05) is 26.6 Å². The number of unbranched alkanes of at least 4 members (excludes halogenated alkanes) is 8. The van der Waals surface area contributed by atoms with E-state index in [0.717, 1.165) is 44.3 Å². The van der Waals surface area contributed by atoms with Crippen molar-refractivity contribution in [1.29, 1.82) is 0 Å². The number of ether oxygens (including phenoxy) is 1. The predicted octanol–water partition coefficient (Wildman–Crippen LogP) is 5.26. The van der Waals surface area contributed by atoms with Crippen LogP contribution in [0.4, 0.5) is 0 Å². The first-order valence-corrected chi connectivity index (χ1v) is 11.5. The van der Waals surface area contributed by atoms with Crippen molar-refractivity contribution in [1.82, 2.24) is 14.9 Å². The molecule has 2 aromatic rings. The third-order valence-electron chi connectivity index (χ3n) is 5.39. The van der Waals surface area contributed by atoms with Gasteiger partial charge in [0.15, 0.2) is 0 Å². The topological polar surface area (TPSA) is 56.2 Å². The number of amides is 1. The molecular weight excluding hydrogens is 362 g/mol. The molecule has 162 valence electrons. The molecule has 0 bridgehead atoms. The Morgan fingerprint density at radius 2 is 1.72 bits per heavy atom. The van der Waals surface area contributed by atoms with Gasteiger partial charge in [0.05, 0.1) is 11.0 Å². The molecule has 0 aliphatic heterocycles. The normalized spacial score (nSPS) is 11.2. The van der Waals surface area contributed by atoms with Gasteiger partial charge in [-0.1, -0.05) is 64.0 Å². The first-order chi connectivity index (χ1) is 14.3. The molecule has 0 saturated carbocycles. The van der Waals surface area contributed by atoms with Crippen LogP contribution in [0.1, 0.15) is 77.0 Å². The van der Waals surface area contributed by atoms with Gasteiger partial charge in [-0.05, 0) is 31.4 Å². The second-order valence-corrected chi connectivity index (χ2v) is 7.88. The Balaban J connectivity index is 1.77. The quantitative estimate of drug-likeness (QED) is 0.390. The highest BCUT2D eigenvalue weighted by Crippen LogP contribution is 2.19. The number of benzene rings is 1. The third-order valence-corrected chi connectivity index (χ3v) is 5.39. The van der Waals surface area contributed by atoms with E-state index in [9.17, 15) is 4.79 Å². The summed E-state index contributed by atoms with van der Waals surface area (Å²) in [4.78, 5) is 16.3. The van der Waals surface area contributed by atoms with Crippen LogP contribution in [0.5, 0.6) is 0 Å². The van der Waals surface area contributed by atoms with Crippen molar-refractivity contribution in [3.63, 3.8) is 0 Å². The summed E-state index contributed by atoms with van der Waals surface area (Å²) < 4.78 is 7.26. The predicted molar refractivity (Wildman–Crippen MR) is 120 cm³/mol. The molecule has 0 spiro atoms. The Bertz CT molecular complexity index is 711. The molecule has 2 rings (SSSR count). The molecular formula is C24H39N3O2. The summed E-state index contributed by atoms with van der Waals surface area (Å²) in [5.41, 5.74) is 2.37. The van der Waals surface area contributed by atoms with Crippen molar-refractivity contribution in [3.05, 3.63) is 30.1 Å². The lowest BCUT2D eigenvalue weighted by Crippen LogP contribution is -2.27. The smallest absolute Gasteiger partial charge is 0.245 e. The van der Waals surface area contributed by atoms with Gasteiger partial charge >= 0.3 is 0 Å². The maximum Gasteiger partial charge on any atom is 0.245 e. The number of aromatic nitrogens is 2. The minimum atomic E-state index is -0.0380. The monoisotopic (exact) mass is 401 g/mol. The molecule has 0 saturated heterocycles. The van der Waals surface area contributed by atoms with E-state index in [4.69, 9.17) is 9.72 Å². The Labute approximate surface area is 176 Å². The Morgan fingerprint density at radius 3 is 2.52 bits per heavy atom. The van der Waals surface area contributed by atoms with Crippen LogP contribution in [-0.4, -0.2) is 35.7 Å². The van der Waals surface area contributed by atoms with Crippen LogP contribution in [0.2, 0.25) is 0 Å². The fraction of sp³-hybridized carbons (Fsp3) is 0.667. The second kappa shape index (κ2) is 14.2. The number of hydrogen-bond donors (Lipinski definition) is 1. The van der Waals surface area contributed by atoms with Gasteiger partial charge in [-0.15, -0.1) is 0 Å². The maximum absolute atomic E-state index is 11.4. The van der Waals surface area contributed by atoms with Gasteiger partial charge in [0.1, 0.15) is 12.4 Å². The first kappa shape index (κ1) is 23.4. The number of nitrogens with one attached hydrogen (secondary N) is 1. The van der Waals surface area contributed by atoms with Crippen LogP contribution in [0.25, 0.3) is 11.0 Å². The summed E-state index contributed by atoms with van der Waals surface area (Å²) in [6, 6.07) is 8.49. The highest BCUT2D eigenvalue weighted by molar-refractivity contribution is 5.77. The zero-order chi connectivity index (χ0) is 20.7. The van der Waals surface area contributed by atoms with Crippen molar-refractivity contribution in [2.24, 2.45) is 0 Å². The standard InChI is InChI=1S/C24H39N3O2/c1-3-4-5-6-7-8-14-19-27-22-16-12-11-15-21(22)26-23(27)17-10-9-13-18-25-24(28)20-29-2/h11-12,15-16H,3-10,13-14,17-20H2,1-2H3,(H,25,28). The fourth-order valence-corrected chi connectivity index (χ4v) is 3.79. The second-order valence-electron chi connectivity index (χ2n) is 7.88. The van der Waals surface area contributed by atoms with Gasteiger partial charge in [-0.25, -0.2) is 4.98 Å². The number of hydrogen-bond acceptors (Lipinski definition) is 3. The number of methoxy groups -OCH3 is 1. The Morgan fingerprint density at radius 1 is 1.00 bits per heavy atom. The van der Waals surface area contributed by atoms with Crippen molar-refractivity contribution < 1.29 is 9.53 Å². The van der Waals surface area contributed by atoms with E-state index >= 15 is 0 Å². The van der Waals surface area contributed by atoms with Gasteiger partial charge in [0.2, 0.25) is 5.91 Å². The lowest BCUT2D eigenvalue weighted by molar-refractivity contribution is -0.124. The first-order valence-electron chi connectivity index (χ1n) is 11.5. The Hall–Kier alpha value is -1.88. The molecule has 1 N–H and O–H groups in total. The van der Waals surface area contributed by atoms with Gasteiger partial charge in [0.25, 0.3) is 0 Å². The van der Waals surface area contributed by atoms with Crippen LogP contribution in [0.15, 0.2) is 24.3 Å². The summed E-state index contributed by atoms with van der Waals surface area (Å²) in [5, 5.41) is 2.88. The van der Waals surface area contributed by atoms with Crippen LogP contribution >= 0.6 is 0 Å². The van der Waals surface area contributed by atoms with Crippen molar-refractivity contribution in [3.8, 4) is 0 Å². The molecule has 0 atom stereocenters. The SMILES string of the molecule is CCCCCCCCCn1c(CCCCCNC(=O)COC)nc2ccccc21. The van der Waals surface area contributed by atoms with Crippen molar-refractivity contribution in [2.45, 2.75) is 84.1 Å². The zero-order valence-electron chi connectivity index (χ0n) is 18.4. The summed E-state index contributed by atoms with van der Waals surface area (Å²) >= 11 is 0. The minimum Gasteiger partial charge on any atom is -0.375 e. The number of rotatable bonds is 16. The average Bonchev–Trinajstić information content (AvgIpc) is 3.07. The highest BCUT2D eigenvalue weighted by Gasteiger charge is 2.10. The van der Waals surface area contributed by atoms with Crippen LogP contribution in [0.3, 0.4) is 0 Å². The number of carbonyl (C=O) groups is 1. The lowest BCUT2D eigenvalue weighted by Gasteiger charge is -2.10. The van der Waals surface area contributed by atoms with Gasteiger partial charge in [-0.2, -0.15) is 0 Å². The molecule has 1 aromatic heterocycles. The van der Waals surface area contributed by atoms with Crippen molar-refractivity contribution in [2.75, 3.05) is 20.3 Å². The highest BCUT2D eigenvalue weighted by atomic mass is 16.5. The summed E-state index contributed by atoms with van der Waals surface area (Å²) in [7, 11) is 1.54. The van der Waals surface area contributed by atoms with E-state index in [0.29, 0.717) is 0 Å². The van der Waals surface area contributed by atoms with Crippen molar-refractivity contribution >= 4 is 16.9 Å². The van der Waals surface area contributed by atoms with Gasteiger partial charge < -0.3 is 14.6 Å². The number of imidazole rings is 1. The summed E-state index contributed by atoms with van der Waals surface area (Å²) in [6.07, 6.45) is 13.5. The van der Waals surface area contributed by atoms with Crippen LogP contribution in [-0.2, 0) is 22.5 Å². The molecule has 1 aromatic carbocycles. The number of fused-ring (bicyclic) bond motifs is 1. The van der Waals surface area contributed by atoms with Gasteiger partial charge in [-0.3, -0.25) is 4.79 Å². The molecule has 5 nitrogen and oxygen atoms in total. The molecule has 0 unspecified atom stereocenters. The average molecular weight is 402 g/mol. The maximum atomic E-state index is 11.4. The molecule has 5 heteroatoms. The van der Waals surface area contributed by atoms with E-state index in [1.165, 1.54) is 63.4 Å². The number of carbonyl (C=O) groups excluding carboxylic acids is 1. The van der Waals surface area contributed by atoms with E-state index in [2.05, 4.69) is 41.1 Å². The molecule has 0 aliphatic rings. The summed E-state index contributed by atoms with van der Waals surface area (Å²) in [5.74, 6) is 1.17. The molecule has 1 amide bonds. The van der Waals surface area contributed by atoms with Crippen LogP contribution < -0.4 is 5.32 Å². The largest absolute Gasteiger partial charge is 0.375 e. The fourth-order valence-electron chi connectivity index (χ4n) is 3.79. The van der Waals surface area contributed by atoms with E-state index in [1.54, 1.807) is 0 Å². The Kier molecular flexibility index (Phi) is 11.4. The molecule has 0 fully saturated rings. The lowest BCUT2D eigenvalue weighted by atomic mass is 10.1. The zero-order valence-corrected chi connectivity index (χ0v) is 18.4. The van der Waals surface area contributed by atoms with E-state index in [1.807, 2.05) is 0 Å². The number of nitrogens with zero attached hydrogens (tertiary/aromatic N) is 2. The molecule has 0 radical (unpaired) electrons. The molecule has 1 heterocycles. The molecule has 29 heavy (non-hydrogen) atoms.